The average Bonchev–Trinajstić information content (AvgIpc) is 2.59. The van der Waals surface area contributed by atoms with Gasteiger partial charge in [0.15, 0.2) is 23.1 Å². The van der Waals surface area contributed by atoms with Gasteiger partial charge in [0.1, 0.15) is 5.82 Å². The van der Waals surface area contributed by atoms with E-state index in [2.05, 4.69) is 9.68 Å². The number of benzene rings is 1. The lowest BCUT2D eigenvalue weighted by molar-refractivity contribution is 0.414. The van der Waals surface area contributed by atoms with E-state index >= 15 is 0 Å². The molecule has 6 heteroatoms. The topological polar surface area (TPSA) is 72.3 Å². The van der Waals surface area contributed by atoms with Gasteiger partial charge in [-0.3, -0.25) is 0 Å². The molecule has 0 fully saturated rings. The highest BCUT2D eigenvalue weighted by Gasteiger charge is 2.18. The first-order valence-corrected chi connectivity index (χ1v) is 3.99. The minimum Gasteiger partial charge on any atom is -0.505 e. The molecule has 0 saturated heterocycles. The van der Waals surface area contributed by atoms with E-state index in [1.54, 1.807) is 0 Å². The van der Waals surface area contributed by atoms with Crippen LogP contribution >= 0.6 is 0 Å². The van der Waals surface area contributed by atoms with Crippen LogP contribution in [0.3, 0.4) is 0 Å². The van der Waals surface area contributed by atoms with Crippen molar-refractivity contribution in [2.45, 2.75) is 0 Å². The van der Waals surface area contributed by atoms with Crippen molar-refractivity contribution in [3.8, 4) is 17.1 Å². The Balaban J connectivity index is 2.66. The maximum atomic E-state index is 13.3. The van der Waals surface area contributed by atoms with Crippen molar-refractivity contribution in [2.75, 3.05) is 5.73 Å². The number of anilines is 1. The predicted octanol–water partition coefficient (Wildman–Crippen LogP) is 1.91. The summed E-state index contributed by atoms with van der Waals surface area (Å²) < 4.78 is 31.2. The largest absolute Gasteiger partial charge is 0.505 e. The Morgan fingerprint density at radius 3 is 2.67 bits per heavy atom. The predicted molar refractivity (Wildman–Crippen MR) is 47.9 cm³/mol. The van der Waals surface area contributed by atoms with Crippen molar-refractivity contribution in [2.24, 2.45) is 0 Å². The molecule has 0 aliphatic rings. The molecule has 0 aliphatic heterocycles. The summed E-state index contributed by atoms with van der Waals surface area (Å²) >= 11 is 0. The van der Waals surface area contributed by atoms with Gasteiger partial charge in [-0.1, -0.05) is 5.16 Å². The third-order valence-corrected chi connectivity index (χ3v) is 1.85. The van der Waals surface area contributed by atoms with Gasteiger partial charge >= 0.3 is 0 Å². The van der Waals surface area contributed by atoms with Crippen molar-refractivity contribution in [1.82, 2.24) is 5.16 Å². The molecule has 15 heavy (non-hydrogen) atoms. The molecule has 78 valence electrons. The van der Waals surface area contributed by atoms with Gasteiger partial charge < -0.3 is 15.4 Å². The van der Waals surface area contributed by atoms with Crippen LogP contribution in [0.2, 0.25) is 0 Å². The number of nitrogens with zero attached hydrogens (tertiary/aromatic N) is 1. The number of nitrogens with two attached hydrogens (primary N) is 1. The summed E-state index contributed by atoms with van der Waals surface area (Å²) in [7, 11) is 0. The first-order chi connectivity index (χ1) is 7.09. The number of rotatable bonds is 1. The van der Waals surface area contributed by atoms with Gasteiger partial charge in [-0.05, 0) is 12.1 Å². The standard InChI is InChI=1S/C9H6F2N2O2/c10-4-1-2-5(14)9(11)8(4)6-3-7(12)13-15-6/h1-3,14H,(H2,12,13). The van der Waals surface area contributed by atoms with Crippen LogP contribution in [0, 0.1) is 11.6 Å². The Morgan fingerprint density at radius 2 is 2.07 bits per heavy atom. The molecule has 0 bridgehead atoms. The normalized spacial score (nSPS) is 10.5. The van der Waals surface area contributed by atoms with Gasteiger partial charge in [0.2, 0.25) is 0 Å². The fourth-order valence-electron chi connectivity index (χ4n) is 1.17. The molecule has 0 aliphatic carbocycles. The van der Waals surface area contributed by atoms with E-state index in [4.69, 9.17) is 10.8 Å². The Hall–Kier alpha value is -2.11. The molecule has 2 rings (SSSR count). The Bertz CT molecular complexity index is 511. The lowest BCUT2D eigenvalue weighted by Gasteiger charge is -2.01. The smallest absolute Gasteiger partial charge is 0.178 e. The summed E-state index contributed by atoms with van der Waals surface area (Å²) in [5, 5.41) is 12.4. The highest BCUT2D eigenvalue weighted by atomic mass is 19.1. The van der Waals surface area contributed by atoms with E-state index < -0.39 is 22.9 Å². The van der Waals surface area contributed by atoms with Crippen LogP contribution < -0.4 is 5.73 Å². The quantitative estimate of drug-likeness (QED) is 0.757. The van der Waals surface area contributed by atoms with E-state index in [0.717, 1.165) is 12.1 Å². The number of aromatic nitrogens is 1. The van der Waals surface area contributed by atoms with Gasteiger partial charge in [0.25, 0.3) is 0 Å². The monoisotopic (exact) mass is 212 g/mol. The lowest BCUT2D eigenvalue weighted by atomic mass is 10.1. The number of aromatic hydroxyl groups is 1. The summed E-state index contributed by atoms with van der Waals surface area (Å²) in [6.07, 6.45) is 0. The molecule has 0 unspecified atom stereocenters. The zero-order valence-electron chi connectivity index (χ0n) is 7.37. The summed E-state index contributed by atoms with van der Waals surface area (Å²) in [6.45, 7) is 0. The first-order valence-electron chi connectivity index (χ1n) is 3.99. The maximum Gasteiger partial charge on any atom is 0.178 e. The highest BCUT2D eigenvalue weighted by molar-refractivity contribution is 5.63. The van der Waals surface area contributed by atoms with Gasteiger partial charge in [0.05, 0.1) is 5.56 Å². The molecule has 0 atom stereocenters. The van der Waals surface area contributed by atoms with Crippen LogP contribution in [0.4, 0.5) is 14.6 Å². The number of halogens is 2. The molecule has 2 aromatic rings. The van der Waals surface area contributed by atoms with Crippen molar-refractivity contribution in [1.29, 1.82) is 0 Å². The number of nitrogen functional groups attached to an aromatic ring is 1. The number of hydrogen-bond acceptors (Lipinski definition) is 4. The van der Waals surface area contributed by atoms with E-state index in [0.29, 0.717) is 0 Å². The minimum absolute atomic E-state index is 0.00661. The van der Waals surface area contributed by atoms with Crippen molar-refractivity contribution >= 4 is 5.82 Å². The second kappa shape index (κ2) is 3.23. The SMILES string of the molecule is Nc1cc(-c2c(F)ccc(O)c2F)on1. The van der Waals surface area contributed by atoms with Crippen LogP contribution in [-0.2, 0) is 0 Å². The summed E-state index contributed by atoms with van der Waals surface area (Å²) in [5.74, 6) is -2.79. The summed E-state index contributed by atoms with van der Waals surface area (Å²) in [4.78, 5) is 0. The van der Waals surface area contributed by atoms with E-state index in [1.165, 1.54) is 6.07 Å². The number of phenolic OH excluding ortho intramolecular Hbond substituents is 1. The molecule has 0 radical (unpaired) electrons. The molecule has 1 heterocycles. The number of hydrogen-bond donors (Lipinski definition) is 2. The fraction of sp³-hybridized carbons (Fsp3) is 0. The zero-order chi connectivity index (χ0) is 11.0. The van der Waals surface area contributed by atoms with Gasteiger partial charge in [-0.2, -0.15) is 0 Å². The lowest BCUT2D eigenvalue weighted by Crippen LogP contribution is -1.89. The van der Waals surface area contributed by atoms with E-state index in [9.17, 15) is 8.78 Å². The highest BCUT2D eigenvalue weighted by Crippen LogP contribution is 2.31. The first kappa shape index (κ1) is 9.45. The van der Waals surface area contributed by atoms with Crippen molar-refractivity contribution in [3.63, 3.8) is 0 Å². The fourth-order valence-corrected chi connectivity index (χ4v) is 1.17. The molecular formula is C9H6F2N2O2. The molecular weight excluding hydrogens is 206 g/mol. The number of phenols is 1. The van der Waals surface area contributed by atoms with Crippen LogP contribution in [0.5, 0.6) is 5.75 Å². The maximum absolute atomic E-state index is 13.3. The summed E-state index contributed by atoms with van der Waals surface area (Å²) in [5.41, 5.74) is 4.76. The molecule has 0 saturated carbocycles. The van der Waals surface area contributed by atoms with Crippen LogP contribution in [0.15, 0.2) is 22.7 Å². The molecule has 3 N–H and O–H groups in total. The summed E-state index contributed by atoms with van der Waals surface area (Å²) in [6, 6.07) is 3.00. The zero-order valence-corrected chi connectivity index (χ0v) is 7.37. The Kier molecular flexibility index (Phi) is 2.03. The third-order valence-electron chi connectivity index (χ3n) is 1.85. The van der Waals surface area contributed by atoms with E-state index in [-0.39, 0.29) is 11.6 Å². The molecule has 1 aromatic heterocycles. The molecule has 0 amide bonds. The Labute approximate surface area is 82.9 Å². The van der Waals surface area contributed by atoms with Crippen LogP contribution in [0.1, 0.15) is 0 Å². The molecule has 0 spiro atoms. The van der Waals surface area contributed by atoms with Gasteiger partial charge in [-0.15, -0.1) is 0 Å². The molecule has 1 aromatic carbocycles. The second-order valence-electron chi connectivity index (χ2n) is 2.87. The van der Waals surface area contributed by atoms with Crippen LogP contribution in [0.25, 0.3) is 11.3 Å². The van der Waals surface area contributed by atoms with E-state index in [1.807, 2.05) is 0 Å². The van der Waals surface area contributed by atoms with Gasteiger partial charge in [0, 0.05) is 6.07 Å². The van der Waals surface area contributed by atoms with Crippen molar-refractivity contribution < 1.29 is 18.4 Å². The van der Waals surface area contributed by atoms with Crippen molar-refractivity contribution in [3.05, 3.63) is 29.8 Å². The minimum atomic E-state index is -1.11. The second-order valence-corrected chi connectivity index (χ2v) is 2.87. The Morgan fingerprint density at radius 1 is 1.33 bits per heavy atom. The molecule has 4 nitrogen and oxygen atoms in total. The third kappa shape index (κ3) is 1.50. The van der Waals surface area contributed by atoms with Crippen LogP contribution in [-0.4, -0.2) is 10.3 Å². The van der Waals surface area contributed by atoms with Gasteiger partial charge in [-0.25, -0.2) is 8.78 Å². The average molecular weight is 212 g/mol.